The minimum Gasteiger partial charge on any atom is -0.484 e. The van der Waals surface area contributed by atoms with Crippen LogP contribution in [0.15, 0.2) is 36.4 Å². The molecule has 1 fully saturated rings. The molecule has 3 N–H and O–H groups in total. The molecule has 1 aliphatic rings. The van der Waals surface area contributed by atoms with Crippen LogP contribution < -0.4 is 15.4 Å². The van der Waals surface area contributed by atoms with Crippen molar-refractivity contribution in [3.05, 3.63) is 58.1 Å². The predicted molar refractivity (Wildman–Crippen MR) is 120 cm³/mol. The molecule has 1 heterocycles. The van der Waals surface area contributed by atoms with Crippen LogP contribution in [0.5, 0.6) is 5.75 Å². The van der Waals surface area contributed by atoms with Crippen molar-refractivity contribution in [1.29, 1.82) is 0 Å². The fraction of sp³-hybridized carbons (Fsp3) is 0.318. The first kappa shape index (κ1) is 22.4. The van der Waals surface area contributed by atoms with Gasteiger partial charge in [-0.3, -0.25) is 9.59 Å². The van der Waals surface area contributed by atoms with E-state index in [2.05, 4.69) is 20.6 Å². The average Bonchev–Trinajstić information content (AvgIpc) is 3.19. The summed E-state index contributed by atoms with van der Waals surface area (Å²) >= 11 is 11.6. The van der Waals surface area contributed by atoms with Gasteiger partial charge in [0.25, 0.3) is 11.8 Å². The van der Waals surface area contributed by atoms with E-state index < -0.39 is 5.82 Å². The molecule has 0 spiro atoms. The predicted octanol–water partition coefficient (Wildman–Crippen LogP) is 4.25. The van der Waals surface area contributed by atoms with E-state index in [0.717, 1.165) is 31.7 Å². The minimum atomic E-state index is -0.601. The summed E-state index contributed by atoms with van der Waals surface area (Å²) in [5, 5.41) is 6.47. The highest BCUT2D eigenvalue weighted by Gasteiger charge is 2.25. The van der Waals surface area contributed by atoms with E-state index in [4.69, 9.17) is 27.9 Å². The third-order valence-electron chi connectivity index (χ3n) is 5.35. The number of fused-ring (bicyclic) bond motifs is 1. The minimum absolute atomic E-state index is 0.000690. The molecule has 32 heavy (non-hydrogen) atoms. The van der Waals surface area contributed by atoms with Crippen LogP contribution in [-0.2, 0) is 4.79 Å². The Morgan fingerprint density at radius 1 is 1.06 bits per heavy atom. The molecule has 168 valence electrons. The van der Waals surface area contributed by atoms with E-state index in [9.17, 15) is 14.0 Å². The third kappa shape index (κ3) is 5.49. The Kier molecular flexibility index (Phi) is 6.81. The molecule has 2 aromatic carbocycles. The molecule has 1 aromatic heterocycles. The Morgan fingerprint density at radius 2 is 1.78 bits per heavy atom. The first-order valence-corrected chi connectivity index (χ1v) is 11.0. The summed E-state index contributed by atoms with van der Waals surface area (Å²) in [6, 6.07) is 9.22. The van der Waals surface area contributed by atoms with Crippen LogP contribution in [-0.4, -0.2) is 40.5 Å². The van der Waals surface area contributed by atoms with Crippen molar-refractivity contribution >= 4 is 46.0 Å². The lowest BCUT2D eigenvalue weighted by atomic mass is 9.91. The zero-order valence-electron chi connectivity index (χ0n) is 17.0. The molecule has 0 saturated heterocycles. The number of imidazole rings is 1. The Balaban J connectivity index is 1.21. The van der Waals surface area contributed by atoms with Crippen molar-refractivity contribution in [2.24, 2.45) is 0 Å². The van der Waals surface area contributed by atoms with Gasteiger partial charge in [0.2, 0.25) is 0 Å². The second-order valence-electron chi connectivity index (χ2n) is 7.70. The number of carbonyl (C=O) groups excluding carboxylic acids is 2. The van der Waals surface area contributed by atoms with E-state index in [-0.39, 0.29) is 47.1 Å². The Labute approximate surface area is 193 Å². The highest BCUT2D eigenvalue weighted by atomic mass is 35.5. The van der Waals surface area contributed by atoms with Crippen molar-refractivity contribution < 1.29 is 18.7 Å². The summed E-state index contributed by atoms with van der Waals surface area (Å²) in [5.74, 6) is -0.673. The van der Waals surface area contributed by atoms with Crippen molar-refractivity contribution in [1.82, 2.24) is 20.6 Å². The number of carbonyl (C=O) groups is 2. The van der Waals surface area contributed by atoms with Gasteiger partial charge in [-0.15, -0.1) is 0 Å². The van der Waals surface area contributed by atoms with Crippen molar-refractivity contribution in [2.45, 2.75) is 37.8 Å². The number of ether oxygens (including phenoxy) is 1. The zero-order valence-corrected chi connectivity index (χ0v) is 18.5. The van der Waals surface area contributed by atoms with Crippen molar-refractivity contribution in [3.8, 4) is 5.75 Å². The smallest absolute Gasteiger partial charge is 0.287 e. The van der Waals surface area contributed by atoms with E-state index >= 15 is 0 Å². The number of rotatable bonds is 6. The Bertz CT molecular complexity index is 1150. The second-order valence-corrected chi connectivity index (χ2v) is 8.54. The number of nitrogens with zero attached hydrogens (tertiary/aromatic N) is 1. The first-order valence-electron chi connectivity index (χ1n) is 10.2. The van der Waals surface area contributed by atoms with Gasteiger partial charge in [0.15, 0.2) is 12.4 Å². The summed E-state index contributed by atoms with van der Waals surface area (Å²) in [6.07, 6.45) is 2.90. The number of H-pyrrole nitrogens is 1. The van der Waals surface area contributed by atoms with Gasteiger partial charge in [-0.1, -0.05) is 23.2 Å². The molecule has 2 amide bonds. The molecule has 0 unspecified atom stereocenters. The summed E-state index contributed by atoms with van der Waals surface area (Å²) in [7, 11) is 0. The molecule has 0 radical (unpaired) electrons. The van der Waals surface area contributed by atoms with Crippen LogP contribution in [0, 0.1) is 5.82 Å². The fourth-order valence-corrected chi connectivity index (χ4v) is 4.00. The number of aromatic nitrogens is 2. The average molecular weight is 479 g/mol. The highest BCUT2D eigenvalue weighted by Crippen LogP contribution is 2.22. The van der Waals surface area contributed by atoms with Gasteiger partial charge in [0.1, 0.15) is 11.6 Å². The van der Waals surface area contributed by atoms with Crippen LogP contribution in [0.4, 0.5) is 4.39 Å². The third-order valence-corrected chi connectivity index (χ3v) is 5.89. The van der Waals surface area contributed by atoms with E-state index in [0.29, 0.717) is 16.1 Å². The fourth-order valence-electron chi connectivity index (χ4n) is 3.71. The lowest BCUT2D eigenvalue weighted by molar-refractivity contribution is -0.124. The monoisotopic (exact) mass is 478 g/mol. The van der Waals surface area contributed by atoms with Gasteiger partial charge >= 0.3 is 0 Å². The number of nitrogens with one attached hydrogen (secondary N) is 3. The van der Waals surface area contributed by atoms with E-state index in [1.165, 1.54) is 12.1 Å². The van der Waals surface area contributed by atoms with E-state index in [1.54, 1.807) is 18.2 Å². The van der Waals surface area contributed by atoms with Gasteiger partial charge in [0.05, 0.1) is 16.1 Å². The van der Waals surface area contributed by atoms with Crippen LogP contribution in [0.25, 0.3) is 11.0 Å². The van der Waals surface area contributed by atoms with Crippen molar-refractivity contribution in [2.75, 3.05) is 6.61 Å². The van der Waals surface area contributed by atoms with Gasteiger partial charge in [-0.2, -0.15) is 0 Å². The van der Waals surface area contributed by atoms with Crippen molar-refractivity contribution in [3.63, 3.8) is 0 Å². The SMILES string of the molecule is O=C(COc1ccc(Cl)c(F)c1)N[C@H]1CC[C@H](NC(=O)c2nc3ccc(Cl)cc3[nH]2)CC1. The molecule has 0 bridgehead atoms. The number of aromatic amines is 1. The number of hydrogen-bond acceptors (Lipinski definition) is 4. The maximum atomic E-state index is 13.4. The van der Waals surface area contributed by atoms with Crippen LogP contribution in [0.2, 0.25) is 10.0 Å². The molecule has 4 rings (SSSR count). The highest BCUT2D eigenvalue weighted by molar-refractivity contribution is 6.31. The van der Waals surface area contributed by atoms with Crippen LogP contribution in [0.1, 0.15) is 36.3 Å². The quantitative estimate of drug-likeness (QED) is 0.493. The Hall–Kier alpha value is -2.84. The van der Waals surface area contributed by atoms with Crippen LogP contribution >= 0.6 is 23.2 Å². The summed E-state index contributed by atoms with van der Waals surface area (Å²) < 4.78 is 18.7. The van der Waals surface area contributed by atoms with Crippen LogP contribution in [0.3, 0.4) is 0 Å². The Morgan fingerprint density at radius 3 is 2.50 bits per heavy atom. The summed E-state index contributed by atoms with van der Waals surface area (Å²) in [6.45, 7) is -0.214. The second kappa shape index (κ2) is 9.75. The standard InChI is InChI=1S/C22H21Cl2FN4O3/c23-12-1-8-18-19(9-12)29-21(28-18)22(31)27-14-4-2-13(3-5-14)26-20(30)11-32-15-6-7-16(24)17(25)10-15/h1,6-10,13-14H,2-5,11H2,(H,26,30)(H,27,31)(H,28,29)/t13-,14-. The lowest BCUT2D eigenvalue weighted by Gasteiger charge is -2.29. The largest absolute Gasteiger partial charge is 0.484 e. The molecule has 0 aliphatic heterocycles. The summed E-state index contributed by atoms with van der Waals surface area (Å²) in [5.41, 5.74) is 1.38. The van der Waals surface area contributed by atoms with Gasteiger partial charge in [0, 0.05) is 23.2 Å². The van der Waals surface area contributed by atoms with Gasteiger partial charge in [-0.25, -0.2) is 9.37 Å². The van der Waals surface area contributed by atoms with Gasteiger partial charge in [-0.05, 0) is 56.0 Å². The molecule has 1 aliphatic carbocycles. The zero-order chi connectivity index (χ0) is 22.7. The number of hydrogen-bond donors (Lipinski definition) is 3. The topological polar surface area (TPSA) is 96.1 Å². The lowest BCUT2D eigenvalue weighted by Crippen LogP contribution is -2.45. The maximum Gasteiger partial charge on any atom is 0.287 e. The molecule has 0 atom stereocenters. The maximum absolute atomic E-state index is 13.4. The molecule has 7 nitrogen and oxygen atoms in total. The first-order chi connectivity index (χ1) is 15.4. The number of amides is 2. The summed E-state index contributed by atoms with van der Waals surface area (Å²) in [4.78, 5) is 32.0. The molecule has 10 heteroatoms. The van der Waals surface area contributed by atoms with E-state index in [1.807, 2.05) is 0 Å². The molecule has 3 aromatic rings. The molecular formula is C22H21Cl2FN4O3. The molecule has 1 saturated carbocycles. The van der Waals surface area contributed by atoms with Gasteiger partial charge < -0.3 is 20.4 Å². The number of halogens is 3. The molecular weight excluding hydrogens is 458 g/mol. The normalized spacial score (nSPS) is 18.3. The number of benzene rings is 2.